The van der Waals surface area contributed by atoms with Gasteiger partial charge < -0.3 is 9.26 Å². The molecular formula is C18H16FN3O2. The van der Waals surface area contributed by atoms with Crippen molar-refractivity contribution >= 4 is 0 Å². The van der Waals surface area contributed by atoms with Crippen molar-refractivity contribution in [2.75, 3.05) is 13.2 Å². The smallest absolute Gasteiger partial charge is 0.237 e. The number of nitrogens with zero attached hydrogens (tertiary/aromatic N) is 3. The van der Waals surface area contributed by atoms with Crippen molar-refractivity contribution in [2.24, 2.45) is 0 Å². The molecule has 3 heterocycles. The van der Waals surface area contributed by atoms with Gasteiger partial charge in [-0.2, -0.15) is 4.98 Å². The minimum absolute atomic E-state index is 0.275. The number of halogens is 1. The van der Waals surface area contributed by atoms with Crippen LogP contribution in [-0.2, 0) is 10.2 Å². The molecule has 1 aromatic carbocycles. The standard InChI is InChI=1S/C18H16FN3O2/c19-14-5-3-4-13(12-14)18(7-10-23-11-8-18)17-21-16(22-24-17)15-6-1-2-9-20-15/h1-6,9,12H,7-8,10-11H2. The Balaban J connectivity index is 1.79. The molecule has 0 bridgehead atoms. The highest BCUT2D eigenvalue weighted by atomic mass is 19.1. The first kappa shape index (κ1) is 15.0. The van der Waals surface area contributed by atoms with Gasteiger partial charge in [0.15, 0.2) is 0 Å². The van der Waals surface area contributed by atoms with E-state index in [-0.39, 0.29) is 5.82 Å². The lowest BCUT2D eigenvalue weighted by Crippen LogP contribution is -2.35. The number of aromatic nitrogens is 3. The van der Waals surface area contributed by atoms with Crippen molar-refractivity contribution in [3.8, 4) is 11.5 Å². The zero-order valence-corrected chi connectivity index (χ0v) is 13.0. The molecule has 5 nitrogen and oxygen atoms in total. The van der Waals surface area contributed by atoms with E-state index in [0.717, 1.165) is 5.56 Å². The first-order valence-electron chi connectivity index (χ1n) is 7.87. The van der Waals surface area contributed by atoms with Gasteiger partial charge in [0.05, 0.1) is 5.41 Å². The van der Waals surface area contributed by atoms with E-state index in [1.54, 1.807) is 12.3 Å². The normalized spacial score (nSPS) is 16.9. The summed E-state index contributed by atoms with van der Waals surface area (Å²) in [5, 5.41) is 4.07. The number of hydrogen-bond acceptors (Lipinski definition) is 5. The summed E-state index contributed by atoms with van der Waals surface area (Å²) in [6, 6.07) is 12.1. The Bertz CT molecular complexity index is 829. The topological polar surface area (TPSA) is 61.0 Å². The van der Waals surface area contributed by atoms with E-state index in [0.29, 0.717) is 43.5 Å². The van der Waals surface area contributed by atoms with Crippen LogP contribution < -0.4 is 0 Å². The van der Waals surface area contributed by atoms with Crippen LogP contribution in [0.3, 0.4) is 0 Å². The molecule has 24 heavy (non-hydrogen) atoms. The molecule has 0 atom stereocenters. The molecule has 0 saturated carbocycles. The third kappa shape index (κ3) is 2.59. The van der Waals surface area contributed by atoms with Crippen LogP contribution in [0, 0.1) is 5.82 Å². The van der Waals surface area contributed by atoms with Crippen molar-refractivity contribution in [1.82, 2.24) is 15.1 Å². The summed E-state index contributed by atoms with van der Waals surface area (Å²) in [6.07, 6.45) is 3.02. The molecule has 122 valence electrons. The number of pyridine rings is 1. The predicted octanol–water partition coefficient (Wildman–Crippen LogP) is 3.37. The average molecular weight is 325 g/mol. The maximum atomic E-state index is 13.8. The van der Waals surface area contributed by atoms with Crippen LogP contribution in [0.4, 0.5) is 4.39 Å². The predicted molar refractivity (Wildman–Crippen MR) is 84.8 cm³/mol. The highest BCUT2D eigenvalue weighted by Gasteiger charge is 2.41. The number of ether oxygens (including phenoxy) is 1. The van der Waals surface area contributed by atoms with Crippen LogP contribution >= 0.6 is 0 Å². The van der Waals surface area contributed by atoms with Gasteiger partial charge in [0.2, 0.25) is 11.7 Å². The third-order valence-corrected chi connectivity index (χ3v) is 4.45. The fourth-order valence-corrected chi connectivity index (χ4v) is 3.15. The SMILES string of the molecule is Fc1cccc(C2(c3nc(-c4ccccn4)no3)CCOCC2)c1. The van der Waals surface area contributed by atoms with Crippen molar-refractivity contribution < 1.29 is 13.7 Å². The molecule has 0 spiro atoms. The summed E-state index contributed by atoms with van der Waals surface area (Å²) in [7, 11) is 0. The van der Waals surface area contributed by atoms with Crippen molar-refractivity contribution in [2.45, 2.75) is 18.3 Å². The summed E-state index contributed by atoms with van der Waals surface area (Å²) in [5.74, 6) is 0.646. The molecule has 0 unspecified atom stereocenters. The maximum absolute atomic E-state index is 13.8. The van der Waals surface area contributed by atoms with Gasteiger partial charge in [-0.1, -0.05) is 23.4 Å². The molecule has 1 saturated heterocycles. The first-order chi connectivity index (χ1) is 11.8. The molecule has 1 aliphatic rings. The third-order valence-electron chi connectivity index (χ3n) is 4.45. The molecule has 0 radical (unpaired) electrons. The van der Waals surface area contributed by atoms with Gasteiger partial charge >= 0.3 is 0 Å². The fraction of sp³-hybridized carbons (Fsp3) is 0.278. The summed E-state index contributed by atoms with van der Waals surface area (Å²) < 4.78 is 24.8. The van der Waals surface area contributed by atoms with Gasteiger partial charge in [0.25, 0.3) is 0 Å². The first-order valence-corrected chi connectivity index (χ1v) is 7.87. The van der Waals surface area contributed by atoms with Gasteiger partial charge in [-0.05, 0) is 42.7 Å². The molecule has 1 fully saturated rings. The highest BCUT2D eigenvalue weighted by molar-refractivity contribution is 5.48. The molecule has 2 aromatic heterocycles. The Morgan fingerprint density at radius 1 is 1.04 bits per heavy atom. The Kier molecular flexibility index (Phi) is 3.82. The average Bonchev–Trinajstić information content (AvgIpc) is 3.14. The van der Waals surface area contributed by atoms with E-state index >= 15 is 0 Å². The molecule has 6 heteroatoms. The van der Waals surface area contributed by atoms with Gasteiger partial charge in [-0.3, -0.25) is 4.98 Å². The van der Waals surface area contributed by atoms with E-state index in [2.05, 4.69) is 15.1 Å². The van der Waals surface area contributed by atoms with E-state index in [9.17, 15) is 4.39 Å². The fourth-order valence-electron chi connectivity index (χ4n) is 3.15. The van der Waals surface area contributed by atoms with E-state index < -0.39 is 5.41 Å². The Labute approximate surface area is 138 Å². The number of hydrogen-bond donors (Lipinski definition) is 0. The molecular weight excluding hydrogens is 309 g/mol. The molecule has 4 rings (SSSR count). The van der Waals surface area contributed by atoms with E-state index in [1.807, 2.05) is 24.3 Å². The zero-order chi connectivity index (χ0) is 16.4. The van der Waals surface area contributed by atoms with Crippen LogP contribution in [0.1, 0.15) is 24.3 Å². The molecule has 0 aliphatic carbocycles. The minimum Gasteiger partial charge on any atom is -0.381 e. The maximum Gasteiger partial charge on any atom is 0.237 e. The second-order valence-corrected chi connectivity index (χ2v) is 5.84. The van der Waals surface area contributed by atoms with Crippen molar-refractivity contribution in [3.63, 3.8) is 0 Å². The van der Waals surface area contributed by atoms with Gasteiger partial charge in [-0.25, -0.2) is 4.39 Å². The highest BCUT2D eigenvalue weighted by Crippen LogP contribution is 2.41. The van der Waals surface area contributed by atoms with E-state index in [4.69, 9.17) is 9.26 Å². The monoisotopic (exact) mass is 325 g/mol. The second-order valence-electron chi connectivity index (χ2n) is 5.84. The number of benzene rings is 1. The zero-order valence-electron chi connectivity index (χ0n) is 13.0. The van der Waals surface area contributed by atoms with Crippen LogP contribution in [0.15, 0.2) is 53.2 Å². The lowest BCUT2D eigenvalue weighted by atomic mass is 9.74. The summed E-state index contributed by atoms with van der Waals surface area (Å²) in [5.41, 5.74) is 0.955. The summed E-state index contributed by atoms with van der Waals surface area (Å²) in [4.78, 5) is 8.81. The Morgan fingerprint density at radius 3 is 2.67 bits per heavy atom. The van der Waals surface area contributed by atoms with E-state index in [1.165, 1.54) is 12.1 Å². The number of rotatable bonds is 3. The lowest BCUT2D eigenvalue weighted by molar-refractivity contribution is 0.0522. The summed E-state index contributed by atoms with van der Waals surface area (Å²) in [6.45, 7) is 1.13. The second kappa shape index (κ2) is 6.13. The van der Waals surface area contributed by atoms with Gasteiger partial charge in [0.1, 0.15) is 11.5 Å². The molecule has 1 aliphatic heterocycles. The van der Waals surface area contributed by atoms with Crippen LogP contribution in [-0.4, -0.2) is 28.3 Å². The van der Waals surface area contributed by atoms with Crippen molar-refractivity contribution in [3.05, 3.63) is 65.9 Å². The summed E-state index contributed by atoms with van der Waals surface area (Å²) >= 11 is 0. The van der Waals surface area contributed by atoms with Crippen LogP contribution in [0.5, 0.6) is 0 Å². The van der Waals surface area contributed by atoms with Gasteiger partial charge in [-0.15, -0.1) is 0 Å². The molecule has 3 aromatic rings. The van der Waals surface area contributed by atoms with Gasteiger partial charge in [0, 0.05) is 19.4 Å². The van der Waals surface area contributed by atoms with Crippen molar-refractivity contribution in [1.29, 1.82) is 0 Å². The largest absolute Gasteiger partial charge is 0.381 e. The quantitative estimate of drug-likeness (QED) is 0.739. The molecule has 0 N–H and O–H groups in total. The van der Waals surface area contributed by atoms with Crippen LogP contribution in [0.2, 0.25) is 0 Å². The lowest BCUT2D eigenvalue weighted by Gasteiger charge is -2.34. The Hall–Kier alpha value is -2.60. The Morgan fingerprint density at radius 2 is 1.92 bits per heavy atom. The minimum atomic E-state index is -0.527. The van der Waals surface area contributed by atoms with Crippen LogP contribution in [0.25, 0.3) is 11.5 Å². The molecule has 0 amide bonds.